The van der Waals surface area contributed by atoms with Gasteiger partial charge < -0.3 is 0 Å². The van der Waals surface area contributed by atoms with Crippen LogP contribution in [0.25, 0.3) is 0 Å². The Morgan fingerprint density at radius 1 is 0.900 bits per heavy atom. The van der Waals surface area contributed by atoms with Crippen molar-refractivity contribution in [2.75, 3.05) is 0 Å². The lowest BCUT2D eigenvalue weighted by Crippen LogP contribution is -2.10. The summed E-state index contributed by atoms with van der Waals surface area (Å²) in [4.78, 5) is 21.5. The number of hydrogen-bond donors (Lipinski definition) is 0. The highest BCUT2D eigenvalue weighted by atomic mass is 16.1. The zero-order valence-corrected chi connectivity index (χ0v) is 5.82. The smallest absolute Gasteiger partial charge is 0.232 e. The summed E-state index contributed by atoms with van der Waals surface area (Å²) in [5.74, 6) is 3.95. The van der Waals surface area contributed by atoms with Crippen molar-refractivity contribution in [2.24, 2.45) is 0 Å². The molecule has 10 heavy (non-hydrogen) atoms. The van der Waals surface area contributed by atoms with Crippen molar-refractivity contribution < 1.29 is 9.59 Å². The summed E-state index contributed by atoms with van der Waals surface area (Å²) in [6.45, 7) is 3.23. The molecule has 2 nitrogen and oxygen atoms in total. The van der Waals surface area contributed by atoms with Crippen LogP contribution in [0.5, 0.6) is 0 Å². The first-order valence-corrected chi connectivity index (χ1v) is 2.91. The Morgan fingerprint density at radius 3 is 1.50 bits per heavy atom. The van der Waals surface area contributed by atoms with E-state index in [2.05, 4.69) is 11.8 Å². The Hall–Kier alpha value is -1.36. The normalized spacial score (nSPS) is 17.0. The molecule has 0 radical (unpaired) electrons. The minimum Gasteiger partial charge on any atom is -0.280 e. The Morgan fingerprint density at radius 2 is 1.20 bits per heavy atom. The maximum absolute atomic E-state index is 10.8. The molecule has 0 atom stereocenters. The summed E-state index contributed by atoms with van der Waals surface area (Å²) in [6.07, 6.45) is 0. The zero-order valence-electron chi connectivity index (χ0n) is 5.82. The highest BCUT2D eigenvalue weighted by Crippen LogP contribution is 2.07. The molecule has 0 spiro atoms. The van der Waals surface area contributed by atoms with E-state index in [1.807, 2.05) is 0 Å². The predicted octanol–water partition coefficient (Wildman–Crippen LogP) is 0.478. The molecule has 50 valence electrons. The van der Waals surface area contributed by atoms with Gasteiger partial charge >= 0.3 is 0 Å². The summed E-state index contributed by atoms with van der Waals surface area (Å²) in [6, 6.07) is 0. The van der Waals surface area contributed by atoms with Crippen molar-refractivity contribution in [1.29, 1.82) is 0 Å². The Kier molecular flexibility index (Phi) is 1.42. The summed E-state index contributed by atoms with van der Waals surface area (Å²) < 4.78 is 0. The molecule has 1 rings (SSSR count). The number of allylic oxidation sites excluding steroid dienone is 2. The number of carbonyl (C=O) groups is 2. The van der Waals surface area contributed by atoms with E-state index in [4.69, 9.17) is 0 Å². The molecule has 1 aliphatic carbocycles. The van der Waals surface area contributed by atoms with Crippen molar-refractivity contribution >= 4 is 11.6 Å². The molecule has 0 N–H and O–H groups in total. The van der Waals surface area contributed by atoms with Crippen LogP contribution in [0, 0.1) is 11.8 Å². The van der Waals surface area contributed by atoms with Crippen molar-refractivity contribution in [1.82, 2.24) is 0 Å². The van der Waals surface area contributed by atoms with E-state index in [0.717, 1.165) is 0 Å². The van der Waals surface area contributed by atoms with Crippen LogP contribution in [-0.2, 0) is 9.59 Å². The molecular formula is C8H6O2. The van der Waals surface area contributed by atoms with Gasteiger partial charge in [-0.1, -0.05) is 0 Å². The molecule has 0 heterocycles. The number of hydrogen-bond acceptors (Lipinski definition) is 2. The Bertz CT molecular complexity index is 269. The van der Waals surface area contributed by atoms with Crippen LogP contribution in [0.1, 0.15) is 13.8 Å². The first-order valence-electron chi connectivity index (χ1n) is 2.91. The van der Waals surface area contributed by atoms with Gasteiger partial charge in [-0.15, -0.1) is 0 Å². The molecule has 0 unspecified atom stereocenters. The van der Waals surface area contributed by atoms with E-state index in [0.29, 0.717) is 11.1 Å². The molecule has 2 heteroatoms. The summed E-state index contributed by atoms with van der Waals surface area (Å²) >= 11 is 0. The van der Waals surface area contributed by atoms with E-state index in [1.54, 1.807) is 13.8 Å². The lowest BCUT2D eigenvalue weighted by molar-refractivity contribution is -0.113. The first-order chi connectivity index (χ1) is 4.63. The van der Waals surface area contributed by atoms with Crippen molar-refractivity contribution in [2.45, 2.75) is 13.8 Å². The molecule has 0 aromatic heterocycles. The van der Waals surface area contributed by atoms with Gasteiger partial charge in [0.2, 0.25) is 11.6 Å². The summed E-state index contributed by atoms with van der Waals surface area (Å²) in [5.41, 5.74) is 0.951. The summed E-state index contributed by atoms with van der Waals surface area (Å²) in [7, 11) is 0. The molecule has 0 aromatic carbocycles. The minimum absolute atomic E-state index is 0.239. The number of ketones is 2. The standard InChI is InChI=1S/C8H6O2/c1-5-6(2)8(10)4-3-7(5)9/h1-2H3. The van der Waals surface area contributed by atoms with Crippen molar-refractivity contribution in [3.05, 3.63) is 11.1 Å². The van der Waals surface area contributed by atoms with Gasteiger partial charge in [0.1, 0.15) is 0 Å². The van der Waals surface area contributed by atoms with Gasteiger partial charge in [0, 0.05) is 11.1 Å². The quantitative estimate of drug-likeness (QED) is 0.356. The van der Waals surface area contributed by atoms with E-state index < -0.39 is 0 Å². The minimum atomic E-state index is -0.239. The van der Waals surface area contributed by atoms with Gasteiger partial charge in [0.25, 0.3) is 0 Å². The van der Waals surface area contributed by atoms with Crippen LogP contribution in [0.3, 0.4) is 0 Å². The highest BCUT2D eigenvalue weighted by molar-refractivity contribution is 6.23. The predicted molar refractivity (Wildman–Crippen MR) is 36.2 cm³/mol. The van der Waals surface area contributed by atoms with E-state index in [1.165, 1.54) is 0 Å². The van der Waals surface area contributed by atoms with Crippen LogP contribution in [0.2, 0.25) is 0 Å². The maximum atomic E-state index is 10.8. The average molecular weight is 134 g/mol. The van der Waals surface area contributed by atoms with E-state index in [-0.39, 0.29) is 11.6 Å². The second-order valence-electron chi connectivity index (χ2n) is 2.16. The van der Waals surface area contributed by atoms with Crippen molar-refractivity contribution in [3.8, 4) is 11.8 Å². The van der Waals surface area contributed by atoms with Gasteiger partial charge in [-0.05, 0) is 25.7 Å². The fourth-order valence-electron chi connectivity index (χ4n) is 0.642. The van der Waals surface area contributed by atoms with Gasteiger partial charge in [-0.25, -0.2) is 0 Å². The van der Waals surface area contributed by atoms with Gasteiger partial charge in [0.15, 0.2) is 0 Å². The molecule has 0 saturated heterocycles. The van der Waals surface area contributed by atoms with Gasteiger partial charge in [-0.3, -0.25) is 9.59 Å². The molecule has 0 aliphatic heterocycles. The highest BCUT2D eigenvalue weighted by Gasteiger charge is 2.14. The third-order valence-corrected chi connectivity index (χ3v) is 1.53. The maximum Gasteiger partial charge on any atom is 0.232 e. The molecule has 0 amide bonds. The second kappa shape index (κ2) is 2.11. The van der Waals surface area contributed by atoms with Crippen LogP contribution in [-0.4, -0.2) is 11.6 Å². The number of carbonyl (C=O) groups excluding carboxylic acids is 2. The van der Waals surface area contributed by atoms with Gasteiger partial charge in [-0.2, -0.15) is 0 Å². The largest absolute Gasteiger partial charge is 0.280 e. The average Bonchev–Trinajstić information content (AvgIpc) is 1.93. The lowest BCUT2D eigenvalue weighted by Gasteiger charge is -2.01. The fourth-order valence-corrected chi connectivity index (χ4v) is 0.642. The second-order valence-corrected chi connectivity index (χ2v) is 2.16. The monoisotopic (exact) mass is 134 g/mol. The Labute approximate surface area is 58.9 Å². The van der Waals surface area contributed by atoms with Crippen LogP contribution >= 0.6 is 0 Å². The Balaban J connectivity index is 3.20. The van der Waals surface area contributed by atoms with Crippen molar-refractivity contribution in [3.63, 3.8) is 0 Å². The zero-order chi connectivity index (χ0) is 7.72. The molecule has 0 fully saturated rings. The third-order valence-electron chi connectivity index (χ3n) is 1.53. The number of Topliss-reactive ketones (excluding diaryl/α,β-unsaturated/α-hetero) is 2. The summed E-state index contributed by atoms with van der Waals surface area (Å²) in [5, 5.41) is 0. The molecule has 0 bridgehead atoms. The van der Waals surface area contributed by atoms with Crippen LogP contribution in [0.4, 0.5) is 0 Å². The molecule has 0 aromatic rings. The van der Waals surface area contributed by atoms with E-state index >= 15 is 0 Å². The van der Waals surface area contributed by atoms with Crippen LogP contribution in [0.15, 0.2) is 11.1 Å². The SMILES string of the molecule is CC1=C(C)C(=O)C#CC1=O. The molecule has 1 aliphatic rings. The number of rotatable bonds is 0. The van der Waals surface area contributed by atoms with E-state index in [9.17, 15) is 9.59 Å². The van der Waals surface area contributed by atoms with Crippen LogP contribution < -0.4 is 0 Å². The third kappa shape index (κ3) is 0.863. The lowest BCUT2D eigenvalue weighted by atomic mass is 10.00. The van der Waals surface area contributed by atoms with Gasteiger partial charge in [0.05, 0.1) is 0 Å². The molecular weight excluding hydrogens is 128 g/mol. The fraction of sp³-hybridized carbons (Fsp3) is 0.250. The topological polar surface area (TPSA) is 34.1 Å². The molecule has 0 saturated carbocycles. The first kappa shape index (κ1) is 6.76.